The van der Waals surface area contributed by atoms with Crippen LogP contribution < -0.4 is 0 Å². The molecule has 1 unspecified atom stereocenters. The number of rotatable bonds is 4. The van der Waals surface area contributed by atoms with Gasteiger partial charge < -0.3 is 5.11 Å². The summed E-state index contributed by atoms with van der Waals surface area (Å²) in [6.07, 6.45) is -0.227. The molecule has 1 heterocycles. The molecule has 20 heavy (non-hydrogen) atoms. The molecule has 2 aromatic rings. The van der Waals surface area contributed by atoms with Gasteiger partial charge in [-0.25, -0.2) is 4.39 Å². The summed E-state index contributed by atoms with van der Waals surface area (Å²) in [5, 5.41) is 14.8. The second-order valence-corrected chi connectivity index (χ2v) is 5.68. The highest BCUT2D eigenvalue weighted by molar-refractivity contribution is 9.10. The Morgan fingerprint density at radius 2 is 2.10 bits per heavy atom. The fourth-order valence-corrected chi connectivity index (χ4v) is 2.82. The average Bonchev–Trinajstić information content (AvgIpc) is 2.66. The zero-order valence-corrected chi connectivity index (χ0v) is 13.4. The van der Waals surface area contributed by atoms with Gasteiger partial charge >= 0.3 is 0 Å². The minimum atomic E-state index is -0.673. The first-order chi connectivity index (χ1) is 9.43. The lowest BCUT2D eigenvalue weighted by molar-refractivity contribution is 0.174. The summed E-state index contributed by atoms with van der Waals surface area (Å²) in [7, 11) is 0. The van der Waals surface area contributed by atoms with Crippen LogP contribution in [0.4, 0.5) is 4.39 Å². The molecule has 1 atom stereocenters. The minimum Gasteiger partial charge on any atom is -0.388 e. The summed E-state index contributed by atoms with van der Waals surface area (Å²) >= 11 is 3.52. The van der Waals surface area contributed by atoms with Crippen LogP contribution >= 0.6 is 15.9 Å². The molecule has 2 rings (SSSR count). The summed E-state index contributed by atoms with van der Waals surface area (Å²) in [6, 6.07) is 4.46. The van der Waals surface area contributed by atoms with E-state index >= 15 is 0 Å². The van der Waals surface area contributed by atoms with Gasteiger partial charge in [0.2, 0.25) is 0 Å². The summed E-state index contributed by atoms with van der Waals surface area (Å²) in [5.74, 6) is -0.283. The van der Waals surface area contributed by atoms with Crippen molar-refractivity contribution in [2.24, 2.45) is 0 Å². The van der Waals surface area contributed by atoms with Crippen LogP contribution in [-0.2, 0) is 13.0 Å². The molecule has 0 spiro atoms. The van der Waals surface area contributed by atoms with Crippen molar-refractivity contribution in [3.8, 4) is 0 Å². The maximum absolute atomic E-state index is 13.1. The Labute approximate surface area is 126 Å². The molecule has 0 radical (unpaired) electrons. The fraction of sp³-hybridized carbons (Fsp3) is 0.400. The smallest absolute Gasteiger partial charge is 0.123 e. The molecule has 0 saturated carbocycles. The maximum atomic E-state index is 13.1. The molecule has 0 amide bonds. The van der Waals surface area contributed by atoms with Gasteiger partial charge in [0.1, 0.15) is 5.82 Å². The van der Waals surface area contributed by atoms with Crippen LogP contribution in [0, 0.1) is 19.7 Å². The van der Waals surface area contributed by atoms with Crippen LogP contribution in [0.25, 0.3) is 0 Å². The lowest BCUT2D eigenvalue weighted by atomic mass is 10.00. The van der Waals surface area contributed by atoms with Crippen LogP contribution in [0.1, 0.15) is 35.5 Å². The molecule has 0 saturated heterocycles. The third-order valence-electron chi connectivity index (χ3n) is 3.43. The van der Waals surface area contributed by atoms with Crippen LogP contribution in [0.15, 0.2) is 22.7 Å². The molecule has 1 aromatic heterocycles. The average molecular weight is 341 g/mol. The Kier molecular flexibility index (Phi) is 4.60. The molecule has 108 valence electrons. The van der Waals surface area contributed by atoms with Crippen LogP contribution in [-0.4, -0.2) is 14.9 Å². The number of aryl methyl sites for hydroxylation is 3. The van der Waals surface area contributed by atoms with Crippen LogP contribution in [0.3, 0.4) is 0 Å². The summed E-state index contributed by atoms with van der Waals surface area (Å²) in [4.78, 5) is 0. The van der Waals surface area contributed by atoms with E-state index in [0.717, 1.165) is 33.5 Å². The van der Waals surface area contributed by atoms with Gasteiger partial charge in [0.05, 0.1) is 22.0 Å². The van der Waals surface area contributed by atoms with Gasteiger partial charge in [-0.15, -0.1) is 0 Å². The molecule has 0 bridgehead atoms. The molecule has 0 aliphatic heterocycles. The minimum absolute atomic E-state index is 0.283. The van der Waals surface area contributed by atoms with E-state index in [4.69, 9.17) is 0 Å². The number of aliphatic hydroxyl groups is 1. The van der Waals surface area contributed by atoms with E-state index in [0.29, 0.717) is 6.42 Å². The topological polar surface area (TPSA) is 38.0 Å². The second-order valence-electron chi connectivity index (χ2n) is 4.88. The van der Waals surface area contributed by atoms with Gasteiger partial charge in [-0.1, -0.05) is 6.07 Å². The third kappa shape index (κ3) is 2.94. The number of aliphatic hydroxyl groups excluding tert-OH is 1. The quantitative estimate of drug-likeness (QED) is 0.921. The van der Waals surface area contributed by atoms with E-state index in [1.807, 2.05) is 18.5 Å². The highest BCUT2D eigenvalue weighted by Crippen LogP contribution is 2.28. The highest BCUT2D eigenvalue weighted by atomic mass is 79.9. The predicted molar refractivity (Wildman–Crippen MR) is 80.1 cm³/mol. The van der Waals surface area contributed by atoms with Crippen LogP contribution in [0.5, 0.6) is 0 Å². The molecular weight excluding hydrogens is 323 g/mol. The first-order valence-electron chi connectivity index (χ1n) is 6.60. The Balaban J connectivity index is 2.30. The maximum Gasteiger partial charge on any atom is 0.123 e. The highest BCUT2D eigenvalue weighted by Gasteiger charge is 2.18. The molecule has 1 N–H and O–H groups in total. The summed E-state index contributed by atoms with van der Waals surface area (Å²) < 4.78 is 15.9. The lowest BCUT2D eigenvalue weighted by Crippen LogP contribution is -2.10. The van der Waals surface area contributed by atoms with E-state index in [-0.39, 0.29) is 5.82 Å². The normalized spacial score (nSPS) is 12.7. The largest absolute Gasteiger partial charge is 0.388 e. The SMILES string of the molecule is CCn1nc(C)c(Br)c1CC(O)c1ccc(F)cc1C. The van der Waals surface area contributed by atoms with Crippen molar-refractivity contribution in [1.29, 1.82) is 0 Å². The van der Waals surface area contributed by atoms with Crippen molar-refractivity contribution >= 4 is 15.9 Å². The van der Waals surface area contributed by atoms with Crippen molar-refractivity contribution in [3.63, 3.8) is 0 Å². The van der Waals surface area contributed by atoms with Gasteiger partial charge in [0.25, 0.3) is 0 Å². The fourth-order valence-electron chi connectivity index (χ4n) is 2.37. The van der Waals surface area contributed by atoms with Gasteiger partial charge in [0.15, 0.2) is 0 Å². The molecule has 0 aliphatic carbocycles. The number of halogens is 2. The zero-order chi connectivity index (χ0) is 14.9. The van der Waals surface area contributed by atoms with E-state index in [9.17, 15) is 9.50 Å². The van der Waals surface area contributed by atoms with Crippen molar-refractivity contribution in [2.45, 2.75) is 39.8 Å². The summed E-state index contributed by atoms with van der Waals surface area (Å²) in [6.45, 7) is 6.49. The Bertz CT molecular complexity index is 625. The van der Waals surface area contributed by atoms with Gasteiger partial charge in [-0.2, -0.15) is 5.10 Å². The van der Waals surface area contributed by atoms with Gasteiger partial charge in [-0.05, 0) is 60.0 Å². The number of benzene rings is 1. The summed E-state index contributed by atoms with van der Waals surface area (Å²) in [5.41, 5.74) is 3.37. The van der Waals surface area contributed by atoms with E-state index in [1.165, 1.54) is 12.1 Å². The number of nitrogens with zero attached hydrogens (tertiary/aromatic N) is 2. The molecule has 0 aliphatic rings. The first-order valence-corrected chi connectivity index (χ1v) is 7.39. The molecule has 5 heteroatoms. The van der Waals surface area contributed by atoms with Crippen molar-refractivity contribution < 1.29 is 9.50 Å². The molecule has 3 nitrogen and oxygen atoms in total. The van der Waals surface area contributed by atoms with E-state index in [2.05, 4.69) is 21.0 Å². The number of aromatic nitrogens is 2. The predicted octanol–water partition coefficient (Wildman–Crippen LogP) is 3.70. The second kappa shape index (κ2) is 6.06. The van der Waals surface area contributed by atoms with Crippen molar-refractivity contribution in [3.05, 3.63) is 51.0 Å². The number of hydrogen-bond donors (Lipinski definition) is 1. The molecular formula is C15H18BrFN2O. The van der Waals surface area contributed by atoms with Crippen molar-refractivity contribution in [1.82, 2.24) is 9.78 Å². The van der Waals surface area contributed by atoms with Gasteiger partial charge in [-0.3, -0.25) is 4.68 Å². The third-order valence-corrected chi connectivity index (χ3v) is 4.46. The lowest BCUT2D eigenvalue weighted by Gasteiger charge is -2.15. The first kappa shape index (κ1) is 15.2. The molecule has 0 fully saturated rings. The van der Waals surface area contributed by atoms with E-state index in [1.54, 1.807) is 13.0 Å². The van der Waals surface area contributed by atoms with Gasteiger partial charge in [0, 0.05) is 13.0 Å². The van der Waals surface area contributed by atoms with E-state index < -0.39 is 6.10 Å². The monoisotopic (exact) mass is 340 g/mol. The van der Waals surface area contributed by atoms with Crippen LogP contribution in [0.2, 0.25) is 0 Å². The Morgan fingerprint density at radius 3 is 2.70 bits per heavy atom. The zero-order valence-electron chi connectivity index (χ0n) is 11.8. The molecule has 1 aromatic carbocycles. The standard InChI is InChI=1S/C15H18BrFN2O/c1-4-19-13(15(16)10(3)18-19)8-14(20)12-6-5-11(17)7-9(12)2/h5-7,14,20H,4,8H2,1-3H3. The Hall–Kier alpha value is -1.20. The number of hydrogen-bond acceptors (Lipinski definition) is 2. The Morgan fingerprint density at radius 1 is 1.40 bits per heavy atom. The van der Waals surface area contributed by atoms with Crippen molar-refractivity contribution in [2.75, 3.05) is 0 Å².